The Labute approximate surface area is 520 Å². The Balaban J connectivity index is 1.37. The van der Waals surface area contributed by atoms with Gasteiger partial charge in [-0.05, 0) is 77.0 Å². The average Bonchev–Trinajstić information content (AvgIpc) is 3.71. The van der Waals surface area contributed by atoms with Gasteiger partial charge in [0.2, 0.25) is 5.91 Å². The van der Waals surface area contributed by atoms with Gasteiger partial charge in [-0.15, -0.1) is 0 Å². The summed E-state index contributed by atoms with van der Waals surface area (Å²) in [4.78, 5) is 13.3. The van der Waals surface area contributed by atoms with E-state index in [4.69, 9.17) is 28.4 Å². The van der Waals surface area contributed by atoms with Gasteiger partial charge in [0.15, 0.2) is 18.9 Å². The Kier molecular flexibility index (Phi) is 44.6. The van der Waals surface area contributed by atoms with Crippen LogP contribution in [0.1, 0.15) is 206 Å². The third-order valence-electron chi connectivity index (χ3n) is 16.1. The van der Waals surface area contributed by atoms with E-state index in [2.05, 4.69) is 92.1 Å². The lowest BCUT2D eigenvalue weighted by Crippen LogP contribution is -2.66. The van der Waals surface area contributed by atoms with Crippen LogP contribution in [0.5, 0.6) is 0 Å². The van der Waals surface area contributed by atoms with E-state index in [1.165, 1.54) is 96.3 Å². The normalized spacial score (nSPS) is 29.1. The maximum Gasteiger partial charge on any atom is 0.220 e. The van der Waals surface area contributed by atoms with Crippen molar-refractivity contribution >= 4 is 5.91 Å². The number of hydrogen-bond acceptors (Lipinski definition) is 18. The van der Waals surface area contributed by atoms with E-state index in [-0.39, 0.29) is 18.9 Å². The highest BCUT2D eigenvalue weighted by atomic mass is 16.8. The van der Waals surface area contributed by atoms with Crippen LogP contribution in [-0.4, -0.2) is 193 Å². The molecule has 3 heterocycles. The first kappa shape index (κ1) is 78.2. The molecule has 502 valence electrons. The summed E-state index contributed by atoms with van der Waals surface area (Å²) in [5, 5.41) is 120. The van der Waals surface area contributed by atoms with Crippen molar-refractivity contribution in [2.24, 2.45) is 0 Å². The van der Waals surface area contributed by atoms with E-state index >= 15 is 0 Å². The summed E-state index contributed by atoms with van der Waals surface area (Å²) >= 11 is 0. The van der Waals surface area contributed by atoms with E-state index in [1.54, 1.807) is 6.08 Å². The number of amides is 1. The molecule has 12 N–H and O–H groups in total. The molecule has 3 rings (SSSR count). The fourth-order valence-corrected chi connectivity index (χ4v) is 10.8. The molecule has 0 aromatic rings. The molecule has 17 unspecified atom stereocenters. The fraction of sp³-hybridized carbons (Fsp3) is 0.779. The highest BCUT2D eigenvalue weighted by molar-refractivity contribution is 5.76. The lowest BCUT2D eigenvalue weighted by atomic mass is 9.96. The predicted molar refractivity (Wildman–Crippen MR) is 337 cm³/mol. The molecular formula is C68H117NO18. The molecule has 19 heteroatoms. The Hall–Kier alpha value is -3.03. The third kappa shape index (κ3) is 32.2. The number of rotatable bonds is 49. The molecule has 3 fully saturated rings. The van der Waals surface area contributed by atoms with Gasteiger partial charge in [0, 0.05) is 6.42 Å². The molecule has 0 aromatic carbocycles. The second kappa shape index (κ2) is 49.6. The molecule has 0 aliphatic carbocycles. The molecule has 3 aliphatic rings. The zero-order valence-corrected chi connectivity index (χ0v) is 52.7. The molecule has 0 bridgehead atoms. The number of unbranched alkanes of at least 4 members (excludes halogenated alkanes) is 21. The van der Waals surface area contributed by atoms with Crippen LogP contribution in [0.15, 0.2) is 85.1 Å². The Bertz CT molecular complexity index is 1910. The van der Waals surface area contributed by atoms with Gasteiger partial charge in [-0.1, -0.05) is 208 Å². The van der Waals surface area contributed by atoms with E-state index < -0.39 is 124 Å². The lowest BCUT2D eigenvalue weighted by molar-refractivity contribution is -0.379. The van der Waals surface area contributed by atoms with Gasteiger partial charge < -0.3 is 89.9 Å². The van der Waals surface area contributed by atoms with Crippen molar-refractivity contribution in [3.05, 3.63) is 85.1 Å². The van der Waals surface area contributed by atoms with Gasteiger partial charge in [-0.25, -0.2) is 0 Å². The van der Waals surface area contributed by atoms with E-state index in [1.807, 2.05) is 6.08 Å². The summed E-state index contributed by atoms with van der Waals surface area (Å²) in [6.07, 6.45) is 36.0. The van der Waals surface area contributed by atoms with Crippen LogP contribution in [0.3, 0.4) is 0 Å². The quantitative estimate of drug-likeness (QED) is 0.0203. The van der Waals surface area contributed by atoms with E-state index in [0.29, 0.717) is 12.8 Å². The third-order valence-corrected chi connectivity index (χ3v) is 16.1. The second-order valence-corrected chi connectivity index (χ2v) is 23.5. The van der Waals surface area contributed by atoms with Gasteiger partial charge in [0.05, 0.1) is 38.6 Å². The van der Waals surface area contributed by atoms with Gasteiger partial charge in [-0.3, -0.25) is 4.79 Å². The summed E-state index contributed by atoms with van der Waals surface area (Å²) in [5.74, 6) is -0.293. The fourth-order valence-electron chi connectivity index (χ4n) is 10.8. The van der Waals surface area contributed by atoms with Gasteiger partial charge in [0.25, 0.3) is 0 Å². The summed E-state index contributed by atoms with van der Waals surface area (Å²) in [6.45, 7) is 1.49. The topological polar surface area (TPSA) is 307 Å². The number of ether oxygens (including phenoxy) is 6. The van der Waals surface area contributed by atoms with Crippen LogP contribution in [0, 0.1) is 0 Å². The molecule has 1 amide bonds. The first-order valence-electron chi connectivity index (χ1n) is 33.3. The standard InChI is InChI=1S/C68H117NO18/c1-3-5-7-9-11-13-15-16-17-18-19-20-21-22-23-24-25-26-27-28-29-30-31-32-33-34-36-38-40-42-44-46-56(74)69-51(52(73)45-43-41-39-37-35-14-12-10-8-6-4-2)50-82-66-62(80)59(77)64(54(48-71)84-66)87-68-63(81)60(78)65(55(49-72)85-68)86-67-61(79)58(76)57(75)53(47-70)83-67/h5,7-8,10-11,13,16-17,19-20,35,37,43,45,51-55,57-68,70-73,75-81H,3-4,6,9,12,14-15,18,21-34,36,38-42,44,46-50H2,1-2H3,(H,69,74)/b7-5-,10-8+,13-11-,17-16-,20-19-,37-35+,45-43+. The molecule has 3 saturated heterocycles. The number of aliphatic hydroxyl groups is 11. The summed E-state index contributed by atoms with van der Waals surface area (Å²) in [6, 6.07) is -0.998. The average molecular weight is 1240 g/mol. The number of carbonyl (C=O) groups is 1. The summed E-state index contributed by atoms with van der Waals surface area (Å²) in [5.41, 5.74) is 0. The zero-order chi connectivity index (χ0) is 63.3. The maximum absolute atomic E-state index is 13.3. The Morgan fingerprint density at radius 1 is 0.425 bits per heavy atom. The number of carbonyl (C=O) groups excluding carboxylic acids is 1. The van der Waals surface area contributed by atoms with E-state index in [9.17, 15) is 61.0 Å². The second-order valence-electron chi connectivity index (χ2n) is 23.5. The van der Waals surface area contributed by atoms with Gasteiger partial charge in [-0.2, -0.15) is 0 Å². The molecule has 3 aliphatic heterocycles. The molecule has 17 atom stereocenters. The molecule has 87 heavy (non-hydrogen) atoms. The van der Waals surface area contributed by atoms with Crippen LogP contribution in [0.4, 0.5) is 0 Å². The highest BCUT2D eigenvalue weighted by Gasteiger charge is 2.53. The maximum atomic E-state index is 13.3. The largest absolute Gasteiger partial charge is 0.394 e. The lowest BCUT2D eigenvalue weighted by Gasteiger charge is -2.48. The minimum Gasteiger partial charge on any atom is -0.394 e. The number of nitrogens with one attached hydrogen (secondary N) is 1. The van der Waals surface area contributed by atoms with E-state index in [0.717, 1.165) is 77.0 Å². The summed E-state index contributed by atoms with van der Waals surface area (Å²) in [7, 11) is 0. The van der Waals surface area contributed by atoms with Crippen molar-refractivity contribution in [1.82, 2.24) is 5.32 Å². The highest BCUT2D eigenvalue weighted by Crippen LogP contribution is 2.33. The zero-order valence-electron chi connectivity index (χ0n) is 52.7. The van der Waals surface area contributed by atoms with Gasteiger partial charge >= 0.3 is 0 Å². The number of aliphatic hydroxyl groups excluding tert-OH is 11. The van der Waals surface area contributed by atoms with Crippen molar-refractivity contribution in [3.63, 3.8) is 0 Å². The molecular weight excluding hydrogens is 1120 g/mol. The predicted octanol–water partition coefficient (Wildman–Crippen LogP) is 7.93. The Morgan fingerprint density at radius 2 is 0.805 bits per heavy atom. The monoisotopic (exact) mass is 1240 g/mol. The van der Waals surface area contributed by atoms with Crippen molar-refractivity contribution in [2.45, 2.75) is 311 Å². The minimum atomic E-state index is -1.98. The van der Waals surface area contributed by atoms with Crippen LogP contribution in [0.2, 0.25) is 0 Å². The van der Waals surface area contributed by atoms with Crippen LogP contribution in [0.25, 0.3) is 0 Å². The minimum absolute atomic E-state index is 0.229. The van der Waals surface area contributed by atoms with Crippen LogP contribution >= 0.6 is 0 Å². The number of allylic oxidation sites excluding steroid dienone is 13. The summed E-state index contributed by atoms with van der Waals surface area (Å²) < 4.78 is 34.2. The number of hydrogen-bond donors (Lipinski definition) is 12. The smallest absolute Gasteiger partial charge is 0.220 e. The Morgan fingerprint density at radius 3 is 1.28 bits per heavy atom. The van der Waals surface area contributed by atoms with Crippen molar-refractivity contribution in [3.8, 4) is 0 Å². The molecule has 0 spiro atoms. The first-order chi connectivity index (χ1) is 42.3. The van der Waals surface area contributed by atoms with Crippen molar-refractivity contribution in [2.75, 3.05) is 26.4 Å². The molecule has 0 aromatic heterocycles. The van der Waals surface area contributed by atoms with Crippen molar-refractivity contribution < 1.29 is 89.4 Å². The van der Waals surface area contributed by atoms with Crippen LogP contribution < -0.4 is 5.32 Å². The van der Waals surface area contributed by atoms with Crippen molar-refractivity contribution in [1.29, 1.82) is 0 Å². The molecule has 0 saturated carbocycles. The molecule has 19 nitrogen and oxygen atoms in total. The van der Waals surface area contributed by atoms with Gasteiger partial charge in [0.1, 0.15) is 73.2 Å². The molecule has 0 radical (unpaired) electrons. The first-order valence-corrected chi connectivity index (χ1v) is 33.3. The SMILES string of the molecule is CC/C=C\C/C=C\C/C=C\C/C=C\CCCCCCCCCCCCCCCCCCCCC(=O)NC(COC1OC(CO)C(OC2OC(CO)C(OC3OC(CO)C(O)C(O)C3O)C(O)C2O)C(O)C1O)C(O)/C=C/CC/C=C/CC/C=C/CCC. The van der Waals surface area contributed by atoms with Crippen LogP contribution in [-0.2, 0) is 33.2 Å².